The summed E-state index contributed by atoms with van der Waals surface area (Å²) in [7, 11) is 0. The van der Waals surface area contributed by atoms with E-state index in [9.17, 15) is 26.3 Å². The fourth-order valence-electron chi connectivity index (χ4n) is 5.59. The molecule has 35 heavy (non-hydrogen) atoms. The van der Waals surface area contributed by atoms with Crippen molar-refractivity contribution in [3.8, 4) is 17.6 Å². The molecule has 0 spiro atoms. The quantitative estimate of drug-likeness (QED) is 0.238. The second-order valence-corrected chi connectivity index (χ2v) is 9.39. The predicted octanol–water partition coefficient (Wildman–Crippen LogP) is 8.12. The Balaban J connectivity index is 1.50. The molecule has 0 radical (unpaired) electrons. The highest BCUT2D eigenvalue weighted by atomic mass is 19.3. The van der Waals surface area contributed by atoms with E-state index in [2.05, 4.69) is 28.7 Å². The Morgan fingerprint density at radius 3 is 2.09 bits per heavy atom. The van der Waals surface area contributed by atoms with Crippen LogP contribution < -0.4 is 4.74 Å². The van der Waals surface area contributed by atoms with Crippen molar-refractivity contribution in [2.24, 2.45) is 17.8 Å². The van der Waals surface area contributed by atoms with Crippen LogP contribution in [0.15, 0.2) is 36.4 Å². The monoisotopic (exact) mass is 492 g/mol. The van der Waals surface area contributed by atoms with Gasteiger partial charge in [-0.15, -0.1) is 0 Å². The van der Waals surface area contributed by atoms with Crippen LogP contribution in [0.4, 0.5) is 26.3 Å². The fourth-order valence-corrected chi connectivity index (χ4v) is 5.59. The zero-order valence-electron chi connectivity index (χ0n) is 19.3. The van der Waals surface area contributed by atoms with Gasteiger partial charge in [0.15, 0.2) is 17.4 Å². The molecule has 2 aliphatic carbocycles. The van der Waals surface area contributed by atoms with Crippen molar-refractivity contribution in [3.63, 3.8) is 0 Å². The molecule has 0 amide bonds. The lowest BCUT2D eigenvalue weighted by atomic mass is 9.64. The fraction of sp³-hybridized carbons (Fsp3) is 0.429. The van der Waals surface area contributed by atoms with Crippen LogP contribution in [0.3, 0.4) is 0 Å². The summed E-state index contributed by atoms with van der Waals surface area (Å²) in [6.07, 6.45) is 10.6. The van der Waals surface area contributed by atoms with E-state index >= 15 is 0 Å². The molecule has 4 unspecified atom stereocenters. The molecule has 4 atom stereocenters. The zero-order valence-corrected chi connectivity index (χ0v) is 19.3. The largest absolute Gasteiger partial charge is 0.429 e. The Morgan fingerprint density at radius 2 is 1.46 bits per heavy atom. The van der Waals surface area contributed by atoms with E-state index < -0.39 is 41.2 Å². The van der Waals surface area contributed by atoms with Crippen molar-refractivity contribution < 1.29 is 31.1 Å². The van der Waals surface area contributed by atoms with E-state index in [1.807, 2.05) is 6.92 Å². The summed E-state index contributed by atoms with van der Waals surface area (Å²) >= 11 is 0. The number of ether oxygens (including phenoxy) is 1. The molecule has 186 valence electrons. The number of hydrogen-bond acceptors (Lipinski definition) is 1. The number of benzene rings is 2. The number of hydrogen-bond donors (Lipinski definition) is 0. The van der Waals surface area contributed by atoms with Crippen LogP contribution in [-0.4, -0.2) is 6.61 Å². The lowest BCUT2D eigenvalue weighted by molar-refractivity contribution is -0.0546. The molecule has 7 heteroatoms. The standard InChI is InChI=1S/C28H26F6O/c1-2-3-16-4-6-19-13-20(8-7-18(19)10-16)21-14-23(29)22(24(30)15-21)9-5-17-11-25(31)27(26(32)12-17)35-28(33)34/h2-3,11-12,14-16,18-20,28H,4,6-8,10,13H2,1H3/b3-2+. The smallest absolute Gasteiger partial charge is 0.387 e. The molecular formula is C28H26F6O. The summed E-state index contributed by atoms with van der Waals surface area (Å²) in [5.74, 6) is 0.784. The normalized spacial score (nSPS) is 24.2. The summed E-state index contributed by atoms with van der Waals surface area (Å²) in [5.41, 5.74) is -0.176. The van der Waals surface area contributed by atoms with E-state index in [-0.39, 0.29) is 11.5 Å². The molecule has 2 aliphatic rings. The van der Waals surface area contributed by atoms with Gasteiger partial charge in [-0.1, -0.05) is 24.0 Å². The Hall–Kier alpha value is -2.88. The average Bonchev–Trinajstić information content (AvgIpc) is 2.80. The molecular weight excluding hydrogens is 466 g/mol. The van der Waals surface area contributed by atoms with Crippen molar-refractivity contribution in [3.05, 3.63) is 76.4 Å². The molecule has 2 aromatic carbocycles. The van der Waals surface area contributed by atoms with Crippen LogP contribution in [0, 0.1) is 52.9 Å². The van der Waals surface area contributed by atoms with Gasteiger partial charge in [0.1, 0.15) is 11.6 Å². The van der Waals surface area contributed by atoms with Gasteiger partial charge in [0.05, 0.1) is 5.56 Å². The first kappa shape index (κ1) is 25.2. The number of allylic oxidation sites excluding steroid dienone is 2. The Morgan fingerprint density at radius 1 is 0.829 bits per heavy atom. The molecule has 0 bridgehead atoms. The minimum absolute atomic E-state index is 0.0751. The van der Waals surface area contributed by atoms with Crippen molar-refractivity contribution >= 4 is 0 Å². The topological polar surface area (TPSA) is 9.23 Å². The highest BCUT2D eigenvalue weighted by Gasteiger charge is 2.35. The van der Waals surface area contributed by atoms with Gasteiger partial charge in [-0.2, -0.15) is 8.78 Å². The third kappa shape index (κ3) is 5.86. The van der Waals surface area contributed by atoms with Crippen molar-refractivity contribution in [1.82, 2.24) is 0 Å². The molecule has 2 saturated carbocycles. The highest BCUT2D eigenvalue weighted by Crippen LogP contribution is 2.48. The lowest BCUT2D eigenvalue weighted by Crippen LogP contribution is -2.30. The lowest BCUT2D eigenvalue weighted by Gasteiger charge is -2.41. The van der Waals surface area contributed by atoms with Gasteiger partial charge in [-0.3, -0.25) is 0 Å². The molecule has 0 aliphatic heterocycles. The van der Waals surface area contributed by atoms with Crippen LogP contribution in [0.5, 0.6) is 5.75 Å². The van der Waals surface area contributed by atoms with Crippen molar-refractivity contribution in [1.29, 1.82) is 0 Å². The molecule has 0 N–H and O–H groups in total. The molecule has 4 rings (SSSR count). The Kier molecular flexibility index (Phi) is 7.78. The van der Waals surface area contributed by atoms with Crippen LogP contribution in [0.1, 0.15) is 68.1 Å². The average molecular weight is 493 g/mol. The number of rotatable bonds is 4. The van der Waals surface area contributed by atoms with Gasteiger partial charge >= 0.3 is 6.61 Å². The molecule has 2 fully saturated rings. The summed E-state index contributed by atoms with van der Waals surface area (Å²) in [4.78, 5) is 0. The van der Waals surface area contributed by atoms with E-state index in [4.69, 9.17) is 0 Å². The first-order valence-corrected chi connectivity index (χ1v) is 11.8. The maximum Gasteiger partial charge on any atom is 0.387 e. The molecule has 0 aromatic heterocycles. The first-order chi connectivity index (χ1) is 16.7. The van der Waals surface area contributed by atoms with Gasteiger partial charge in [0, 0.05) is 5.56 Å². The third-order valence-electron chi connectivity index (χ3n) is 7.19. The van der Waals surface area contributed by atoms with E-state index in [0.717, 1.165) is 32.1 Å². The molecule has 2 aromatic rings. The first-order valence-electron chi connectivity index (χ1n) is 11.8. The van der Waals surface area contributed by atoms with E-state index in [1.165, 1.54) is 18.6 Å². The van der Waals surface area contributed by atoms with Gasteiger partial charge in [0.25, 0.3) is 0 Å². The number of halogens is 6. The molecule has 0 heterocycles. The second kappa shape index (κ2) is 10.8. The number of fused-ring (bicyclic) bond motifs is 1. The Labute approximate surface area is 201 Å². The summed E-state index contributed by atoms with van der Waals surface area (Å²) in [6, 6.07) is 3.93. The second-order valence-electron chi connectivity index (χ2n) is 9.39. The highest BCUT2D eigenvalue weighted by molar-refractivity contribution is 5.47. The van der Waals surface area contributed by atoms with Crippen LogP contribution in [0.25, 0.3) is 0 Å². The van der Waals surface area contributed by atoms with Gasteiger partial charge < -0.3 is 4.74 Å². The maximum absolute atomic E-state index is 14.8. The third-order valence-corrected chi connectivity index (χ3v) is 7.19. The van der Waals surface area contributed by atoms with E-state index in [1.54, 1.807) is 0 Å². The molecule has 0 saturated heterocycles. The van der Waals surface area contributed by atoms with Crippen molar-refractivity contribution in [2.75, 3.05) is 0 Å². The zero-order chi connectivity index (χ0) is 25.1. The summed E-state index contributed by atoms with van der Waals surface area (Å²) in [5, 5.41) is 0. The Bertz CT molecular complexity index is 1120. The van der Waals surface area contributed by atoms with E-state index in [0.29, 0.717) is 35.4 Å². The van der Waals surface area contributed by atoms with Gasteiger partial charge in [0.2, 0.25) is 0 Å². The van der Waals surface area contributed by atoms with Gasteiger partial charge in [-0.25, -0.2) is 17.6 Å². The predicted molar refractivity (Wildman–Crippen MR) is 121 cm³/mol. The maximum atomic E-state index is 14.8. The molecule has 1 nitrogen and oxygen atoms in total. The van der Waals surface area contributed by atoms with Crippen LogP contribution in [0.2, 0.25) is 0 Å². The van der Waals surface area contributed by atoms with Gasteiger partial charge in [-0.05, 0) is 98.9 Å². The minimum Gasteiger partial charge on any atom is -0.429 e. The van der Waals surface area contributed by atoms with Crippen LogP contribution in [-0.2, 0) is 0 Å². The SMILES string of the molecule is C/C=C/C1CCC2CC(c3cc(F)c(C#Cc4cc(F)c(OC(F)F)c(F)c4)c(F)c3)CCC2C1. The summed E-state index contributed by atoms with van der Waals surface area (Å²) in [6.45, 7) is -1.36. The van der Waals surface area contributed by atoms with Crippen LogP contribution >= 0.6 is 0 Å². The summed E-state index contributed by atoms with van der Waals surface area (Å²) < 4.78 is 85.7. The van der Waals surface area contributed by atoms with Crippen molar-refractivity contribution in [2.45, 2.75) is 58.0 Å². The number of alkyl halides is 2. The minimum atomic E-state index is -3.40.